The molecule has 0 aliphatic heterocycles. The molecule has 0 fully saturated rings. The third kappa shape index (κ3) is 5.17. The van der Waals surface area contributed by atoms with Crippen LogP contribution in [0.3, 0.4) is 0 Å². The van der Waals surface area contributed by atoms with E-state index in [-0.39, 0.29) is 39.6 Å². The lowest BCUT2D eigenvalue weighted by atomic mass is 10.9. The van der Waals surface area contributed by atoms with Crippen LogP contribution in [0.5, 0.6) is 0 Å². The Morgan fingerprint density at radius 1 is 0.536 bits per heavy atom. The first-order valence-electron chi connectivity index (χ1n) is 9.41. The van der Waals surface area contributed by atoms with E-state index >= 15 is 0 Å². The lowest BCUT2D eigenvalue weighted by Crippen LogP contribution is -2.46. The van der Waals surface area contributed by atoms with E-state index in [9.17, 15) is 13.7 Å². The first-order chi connectivity index (χ1) is 13.1. The molecule has 0 unspecified atom stereocenters. The van der Waals surface area contributed by atoms with Crippen molar-refractivity contribution in [1.29, 1.82) is 0 Å². The van der Waals surface area contributed by atoms with Crippen LogP contribution in [0.1, 0.15) is 41.5 Å². The minimum absolute atomic E-state index is 0.0661. The molecule has 0 saturated carbocycles. The van der Waals surface area contributed by atoms with Crippen molar-refractivity contribution in [2.75, 3.05) is 53.7 Å². The van der Waals surface area contributed by atoms with Crippen LogP contribution >= 0.6 is 22.8 Å². The van der Waals surface area contributed by atoms with Crippen molar-refractivity contribution in [1.82, 2.24) is 4.90 Å². The van der Waals surface area contributed by atoms with Gasteiger partial charge in [0.15, 0.2) is 0 Å². The van der Waals surface area contributed by atoms with E-state index in [0.29, 0.717) is 0 Å². The molecular formula is C15H36NO9P3. The van der Waals surface area contributed by atoms with E-state index in [1.807, 2.05) is 0 Å². The van der Waals surface area contributed by atoms with E-state index in [1.165, 1.54) is 19.0 Å². The number of nitrogens with zero attached hydrogens (tertiary/aromatic N) is 1. The molecule has 0 amide bonds. The molecule has 13 heteroatoms. The fourth-order valence-electron chi connectivity index (χ4n) is 2.84. The Bertz CT molecular complexity index is 495. The maximum atomic E-state index is 14.1. The number of hydrogen-bond acceptors (Lipinski definition) is 10. The number of rotatable bonds is 16. The van der Waals surface area contributed by atoms with Gasteiger partial charge in [-0.15, -0.1) is 0 Å². The molecule has 0 saturated heterocycles. The second-order valence-electron chi connectivity index (χ2n) is 5.49. The fourth-order valence-corrected chi connectivity index (χ4v) is 13.3. The van der Waals surface area contributed by atoms with Gasteiger partial charge < -0.3 is 27.1 Å². The summed E-state index contributed by atoms with van der Waals surface area (Å²) in [5.74, 6) is 0. The fraction of sp³-hybridized carbons (Fsp3) is 1.00. The zero-order valence-electron chi connectivity index (χ0n) is 18.2. The maximum absolute atomic E-state index is 14.1. The molecule has 0 aliphatic rings. The first kappa shape index (κ1) is 28.4. The molecule has 170 valence electrons. The monoisotopic (exact) mass is 467 g/mol. The Morgan fingerprint density at radius 3 is 0.821 bits per heavy atom. The van der Waals surface area contributed by atoms with Gasteiger partial charge in [-0.2, -0.15) is 0 Å². The van der Waals surface area contributed by atoms with Gasteiger partial charge in [-0.05, 0) is 55.6 Å². The molecule has 0 aromatic rings. The van der Waals surface area contributed by atoms with Gasteiger partial charge in [0.25, 0.3) is 0 Å². The summed E-state index contributed by atoms with van der Waals surface area (Å²) in [6.45, 7) is 9.13. The highest BCUT2D eigenvalue weighted by Crippen LogP contribution is 2.91. The Morgan fingerprint density at radius 2 is 0.714 bits per heavy atom. The summed E-state index contributed by atoms with van der Waals surface area (Å²) in [6, 6.07) is 0. The van der Waals surface area contributed by atoms with Crippen LogP contribution in [0, 0.1) is 0 Å². The van der Waals surface area contributed by atoms with E-state index in [0.717, 1.165) is 0 Å². The Labute approximate surface area is 169 Å². The molecule has 10 nitrogen and oxygen atoms in total. The summed E-state index contributed by atoms with van der Waals surface area (Å²) in [5.41, 5.74) is 0. The van der Waals surface area contributed by atoms with Crippen molar-refractivity contribution in [2.45, 2.75) is 46.3 Å². The van der Waals surface area contributed by atoms with Gasteiger partial charge in [0.05, 0.1) is 39.6 Å². The summed E-state index contributed by atoms with van der Waals surface area (Å²) in [6.07, 6.45) is 0. The second-order valence-corrected chi connectivity index (χ2v) is 13.0. The molecule has 0 N–H and O–H groups in total. The topological polar surface area (TPSA) is 110 Å². The second kappa shape index (κ2) is 12.3. The summed E-state index contributed by atoms with van der Waals surface area (Å²) in [5, 5.41) is 0. The molecule has 0 aromatic heterocycles. The highest BCUT2D eigenvalue weighted by atomic mass is 31.3. The van der Waals surface area contributed by atoms with Crippen molar-refractivity contribution in [3.8, 4) is 0 Å². The van der Waals surface area contributed by atoms with Crippen LogP contribution in [0.25, 0.3) is 0 Å². The standard InChI is InChI=1S/C15H36NO9P3/c1-9-20-26(17,21-10-2)15(16(7)8,27(18,22-11-3)23-12-4)28(19,24-13-5)25-14-6/h9-14H2,1-8H3. The zero-order valence-corrected chi connectivity index (χ0v) is 20.9. The Balaban J connectivity index is 7.42. The van der Waals surface area contributed by atoms with Crippen LogP contribution in [0.4, 0.5) is 0 Å². The van der Waals surface area contributed by atoms with E-state index in [1.54, 1.807) is 41.5 Å². The van der Waals surface area contributed by atoms with Gasteiger partial charge >= 0.3 is 27.5 Å². The van der Waals surface area contributed by atoms with Gasteiger partial charge in [-0.1, -0.05) is 0 Å². The zero-order chi connectivity index (χ0) is 22.1. The van der Waals surface area contributed by atoms with Crippen LogP contribution < -0.4 is 0 Å². The van der Waals surface area contributed by atoms with Gasteiger partial charge in [-0.25, -0.2) is 0 Å². The summed E-state index contributed by atoms with van der Waals surface area (Å²) in [7, 11) is -10.6. The van der Waals surface area contributed by atoms with E-state index in [2.05, 4.69) is 0 Å². The van der Waals surface area contributed by atoms with Gasteiger partial charge in [0.2, 0.25) is 0 Å². The summed E-state index contributed by atoms with van der Waals surface area (Å²) in [4.78, 5) is 1.21. The molecule has 0 aromatic carbocycles. The van der Waals surface area contributed by atoms with E-state index < -0.39 is 27.5 Å². The smallest absolute Gasteiger partial charge is 0.307 e. The minimum Gasteiger partial charge on any atom is -0.307 e. The maximum Gasteiger partial charge on any atom is 0.375 e. The summed E-state index contributed by atoms with van der Waals surface area (Å²) >= 11 is 0. The van der Waals surface area contributed by atoms with Gasteiger partial charge in [0, 0.05) is 0 Å². The summed E-state index contributed by atoms with van der Waals surface area (Å²) < 4.78 is 72.9. The SMILES string of the molecule is CCOP(=O)(OCC)C(N(C)C)(P(=O)(OCC)OCC)P(=O)(OCC)OCC. The molecule has 28 heavy (non-hydrogen) atoms. The molecule has 0 spiro atoms. The Hall–Kier alpha value is 0.410. The van der Waals surface area contributed by atoms with Crippen molar-refractivity contribution >= 4 is 22.8 Å². The van der Waals surface area contributed by atoms with Crippen LogP contribution in [0.2, 0.25) is 0 Å². The number of hydrogen-bond donors (Lipinski definition) is 0. The highest BCUT2D eigenvalue weighted by Gasteiger charge is 2.79. The van der Waals surface area contributed by atoms with Crippen molar-refractivity contribution in [3.63, 3.8) is 0 Å². The first-order valence-corrected chi connectivity index (χ1v) is 14.0. The van der Waals surface area contributed by atoms with Crippen LogP contribution in [-0.4, -0.2) is 63.4 Å². The lowest BCUT2D eigenvalue weighted by Gasteiger charge is -2.47. The van der Waals surface area contributed by atoms with Crippen molar-refractivity contribution in [2.24, 2.45) is 0 Å². The Kier molecular flexibility index (Phi) is 12.5. The predicted octanol–water partition coefficient (Wildman–Crippen LogP) is 4.96. The lowest BCUT2D eigenvalue weighted by molar-refractivity contribution is 0.131. The van der Waals surface area contributed by atoms with E-state index in [4.69, 9.17) is 27.1 Å². The highest BCUT2D eigenvalue weighted by molar-refractivity contribution is 7.90. The average molecular weight is 467 g/mol. The minimum atomic E-state index is -4.48. The average Bonchev–Trinajstić information content (AvgIpc) is 2.55. The molecule has 0 rings (SSSR count). The molecule has 0 heterocycles. The third-order valence-electron chi connectivity index (χ3n) is 3.50. The van der Waals surface area contributed by atoms with Gasteiger partial charge in [0.1, 0.15) is 0 Å². The molecular weight excluding hydrogens is 431 g/mol. The molecule has 0 radical (unpaired) electrons. The van der Waals surface area contributed by atoms with Crippen LogP contribution in [0.15, 0.2) is 0 Å². The predicted molar refractivity (Wildman–Crippen MR) is 109 cm³/mol. The van der Waals surface area contributed by atoms with Gasteiger partial charge in [-0.3, -0.25) is 18.6 Å². The van der Waals surface area contributed by atoms with Crippen molar-refractivity contribution in [3.05, 3.63) is 0 Å². The molecule has 0 atom stereocenters. The largest absolute Gasteiger partial charge is 0.375 e. The normalized spacial score (nSPS) is 14.0. The molecule has 0 bridgehead atoms. The van der Waals surface area contributed by atoms with Crippen molar-refractivity contribution < 1.29 is 40.8 Å². The third-order valence-corrected chi connectivity index (χ3v) is 14.9. The molecule has 0 aliphatic carbocycles. The quantitative estimate of drug-likeness (QED) is 0.289. The van der Waals surface area contributed by atoms with Crippen LogP contribution in [-0.2, 0) is 40.8 Å².